The summed E-state index contributed by atoms with van der Waals surface area (Å²) in [5.41, 5.74) is 6.47. The molecule has 0 saturated carbocycles. The molecule has 2 N–H and O–H groups in total. The number of nitrogen functional groups attached to an aromatic ring is 1. The van der Waals surface area contributed by atoms with Crippen LogP contribution >= 0.6 is 23.7 Å². The van der Waals surface area contributed by atoms with Crippen molar-refractivity contribution in [2.24, 2.45) is 0 Å². The van der Waals surface area contributed by atoms with Crippen molar-refractivity contribution in [1.82, 2.24) is 15.1 Å². The summed E-state index contributed by atoms with van der Waals surface area (Å²) in [4.78, 5) is 15.3. The van der Waals surface area contributed by atoms with Gasteiger partial charge in [0.2, 0.25) is 5.13 Å². The molecule has 2 aromatic rings. The Kier molecular flexibility index (Phi) is 6.91. The summed E-state index contributed by atoms with van der Waals surface area (Å²) in [6.07, 6.45) is 1.90. The summed E-state index contributed by atoms with van der Waals surface area (Å²) in [5.74, 6) is 0. The molecule has 1 aromatic heterocycles. The van der Waals surface area contributed by atoms with E-state index >= 15 is 0 Å². The van der Waals surface area contributed by atoms with Crippen LogP contribution in [0.4, 0.5) is 16.5 Å². The maximum absolute atomic E-state index is 11.2. The Morgan fingerprint density at radius 2 is 1.92 bits per heavy atom. The monoisotopic (exact) mass is 384 g/mol. The number of aryl methyl sites for hydroxylation is 1. The first-order valence-electron chi connectivity index (χ1n) is 7.92. The first-order chi connectivity index (χ1) is 11.6. The molecule has 1 saturated heterocycles. The summed E-state index contributed by atoms with van der Waals surface area (Å²) < 4.78 is 0. The van der Waals surface area contributed by atoms with E-state index in [4.69, 9.17) is 5.73 Å². The minimum atomic E-state index is -0.310. The lowest BCUT2D eigenvalue weighted by Crippen LogP contribution is -2.46. The number of anilines is 2. The number of hydrogen-bond acceptors (Lipinski definition) is 8. The quantitative estimate of drug-likeness (QED) is 0.601. The highest BCUT2D eigenvalue weighted by Gasteiger charge is 2.22. The maximum Gasteiger partial charge on any atom is 0.292 e. The molecule has 0 amide bonds. The minimum Gasteiger partial charge on any atom is -0.374 e. The smallest absolute Gasteiger partial charge is 0.292 e. The van der Waals surface area contributed by atoms with Gasteiger partial charge >= 0.3 is 0 Å². The third-order valence-corrected chi connectivity index (χ3v) is 4.95. The molecule has 8 nitrogen and oxygen atoms in total. The van der Waals surface area contributed by atoms with Crippen molar-refractivity contribution in [2.45, 2.75) is 12.8 Å². The minimum absolute atomic E-state index is 0. The van der Waals surface area contributed by atoms with Crippen LogP contribution in [0.3, 0.4) is 0 Å². The van der Waals surface area contributed by atoms with E-state index in [9.17, 15) is 10.1 Å². The van der Waals surface area contributed by atoms with Crippen LogP contribution in [-0.2, 0) is 6.42 Å². The molecule has 0 aliphatic carbocycles. The van der Waals surface area contributed by atoms with Crippen LogP contribution in [-0.4, -0.2) is 52.7 Å². The van der Waals surface area contributed by atoms with E-state index in [0.717, 1.165) is 50.6 Å². The lowest BCUT2D eigenvalue weighted by molar-refractivity contribution is -0.384. The number of nitrogens with two attached hydrogens (primary N) is 1. The Morgan fingerprint density at radius 1 is 1.20 bits per heavy atom. The lowest BCUT2D eigenvalue weighted by Gasteiger charge is -2.35. The predicted octanol–water partition coefficient (Wildman–Crippen LogP) is 2.21. The number of nitro benzene ring substituents is 1. The standard InChI is InChI=1S/C15H20N6O2S.ClH/c16-15-18-17-14(24-15)6-3-7-19-8-10-20(11-9-19)12-4-1-2-5-13(12)21(22)23;/h1-2,4-5H,3,6-11H2,(H2,16,18);1H. The van der Waals surface area contributed by atoms with Gasteiger partial charge in [-0.15, -0.1) is 22.6 Å². The second-order valence-corrected chi connectivity index (χ2v) is 6.81. The van der Waals surface area contributed by atoms with Gasteiger partial charge in [0.1, 0.15) is 10.7 Å². The molecule has 1 aromatic carbocycles. The predicted molar refractivity (Wildman–Crippen MR) is 102 cm³/mol. The topological polar surface area (TPSA) is 101 Å². The van der Waals surface area contributed by atoms with Gasteiger partial charge in [0.25, 0.3) is 5.69 Å². The van der Waals surface area contributed by atoms with Crippen molar-refractivity contribution in [3.63, 3.8) is 0 Å². The third-order valence-electron chi connectivity index (χ3n) is 4.14. The highest BCUT2D eigenvalue weighted by molar-refractivity contribution is 7.15. The van der Waals surface area contributed by atoms with Crippen molar-refractivity contribution in [2.75, 3.05) is 43.4 Å². The molecule has 3 rings (SSSR count). The molecule has 1 aliphatic heterocycles. The Hall–Kier alpha value is -1.97. The van der Waals surface area contributed by atoms with Crippen molar-refractivity contribution in [3.05, 3.63) is 39.4 Å². The summed E-state index contributed by atoms with van der Waals surface area (Å²) in [6.45, 7) is 4.41. The highest BCUT2D eigenvalue weighted by Crippen LogP contribution is 2.28. The molecular weight excluding hydrogens is 364 g/mol. The van der Waals surface area contributed by atoms with Gasteiger partial charge in [0, 0.05) is 38.7 Å². The summed E-state index contributed by atoms with van der Waals surface area (Å²) in [5, 5.41) is 20.5. The molecule has 25 heavy (non-hydrogen) atoms. The third kappa shape index (κ3) is 5.00. The van der Waals surface area contributed by atoms with Crippen molar-refractivity contribution < 1.29 is 4.92 Å². The number of aromatic nitrogens is 2. The normalized spacial score (nSPS) is 15.0. The second-order valence-electron chi connectivity index (χ2n) is 5.71. The van der Waals surface area contributed by atoms with E-state index in [0.29, 0.717) is 10.8 Å². The van der Waals surface area contributed by atoms with E-state index < -0.39 is 0 Å². The van der Waals surface area contributed by atoms with Crippen LogP contribution in [0, 0.1) is 10.1 Å². The van der Waals surface area contributed by atoms with Crippen LogP contribution in [0.1, 0.15) is 11.4 Å². The number of para-hydroxylation sites is 2. The average molecular weight is 385 g/mol. The van der Waals surface area contributed by atoms with E-state index in [1.165, 1.54) is 11.3 Å². The van der Waals surface area contributed by atoms with Crippen molar-refractivity contribution >= 4 is 40.3 Å². The van der Waals surface area contributed by atoms with Gasteiger partial charge in [-0.05, 0) is 19.0 Å². The van der Waals surface area contributed by atoms with Crippen LogP contribution < -0.4 is 10.6 Å². The molecule has 0 bridgehead atoms. The Balaban J connectivity index is 0.00000225. The fourth-order valence-corrected chi connectivity index (χ4v) is 3.57. The van der Waals surface area contributed by atoms with Gasteiger partial charge < -0.3 is 10.6 Å². The van der Waals surface area contributed by atoms with Gasteiger partial charge in [0.15, 0.2) is 0 Å². The SMILES string of the molecule is Cl.Nc1nnc(CCCN2CCN(c3ccccc3[N+](=O)[O-])CC2)s1. The molecule has 0 unspecified atom stereocenters. The molecule has 0 radical (unpaired) electrons. The number of benzene rings is 1. The zero-order valence-electron chi connectivity index (χ0n) is 13.7. The van der Waals surface area contributed by atoms with Gasteiger partial charge in [-0.1, -0.05) is 23.5 Å². The lowest BCUT2D eigenvalue weighted by atomic mass is 10.2. The molecule has 0 atom stereocenters. The van der Waals surface area contributed by atoms with Crippen LogP contribution in [0.2, 0.25) is 0 Å². The first-order valence-corrected chi connectivity index (χ1v) is 8.74. The zero-order valence-corrected chi connectivity index (χ0v) is 15.3. The second kappa shape index (κ2) is 8.93. The Labute approximate surface area is 156 Å². The Bertz CT molecular complexity index is 705. The van der Waals surface area contributed by atoms with Gasteiger partial charge in [0.05, 0.1) is 4.92 Å². The van der Waals surface area contributed by atoms with Crippen LogP contribution in [0.25, 0.3) is 0 Å². The molecule has 10 heteroatoms. The summed E-state index contributed by atoms with van der Waals surface area (Å²) in [6, 6.07) is 6.95. The van der Waals surface area contributed by atoms with E-state index in [1.54, 1.807) is 12.1 Å². The van der Waals surface area contributed by atoms with Crippen LogP contribution in [0.15, 0.2) is 24.3 Å². The largest absolute Gasteiger partial charge is 0.374 e. The summed E-state index contributed by atoms with van der Waals surface area (Å²) >= 11 is 1.44. The number of hydrogen-bond donors (Lipinski definition) is 1. The molecule has 2 heterocycles. The van der Waals surface area contributed by atoms with Gasteiger partial charge in [-0.3, -0.25) is 15.0 Å². The van der Waals surface area contributed by atoms with E-state index in [1.807, 2.05) is 12.1 Å². The van der Waals surface area contributed by atoms with Crippen LogP contribution in [0.5, 0.6) is 0 Å². The maximum atomic E-state index is 11.2. The molecule has 1 aliphatic rings. The summed E-state index contributed by atoms with van der Waals surface area (Å²) in [7, 11) is 0. The van der Waals surface area contributed by atoms with Crippen molar-refractivity contribution in [3.8, 4) is 0 Å². The average Bonchev–Trinajstić information content (AvgIpc) is 3.01. The number of halogens is 1. The number of nitro groups is 1. The van der Waals surface area contributed by atoms with Crippen molar-refractivity contribution in [1.29, 1.82) is 0 Å². The van der Waals surface area contributed by atoms with E-state index in [2.05, 4.69) is 20.0 Å². The van der Waals surface area contributed by atoms with E-state index in [-0.39, 0.29) is 23.0 Å². The highest BCUT2D eigenvalue weighted by atomic mass is 35.5. The molecule has 1 fully saturated rings. The number of rotatable bonds is 6. The number of nitrogens with zero attached hydrogens (tertiary/aromatic N) is 5. The molecular formula is C15H21ClN6O2S. The van der Waals surface area contributed by atoms with Gasteiger partial charge in [-0.25, -0.2) is 0 Å². The Morgan fingerprint density at radius 3 is 2.56 bits per heavy atom. The fourth-order valence-electron chi connectivity index (χ4n) is 2.92. The first kappa shape index (κ1) is 19.4. The van der Waals surface area contributed by atoms with Gasteiger partial charge in [-0.2, -0.15) is 0 Å². The fraction of sp³-hybridized carbons (Fsp3) is 0.467. The molecule has 136 valence electrons. The molecule has 0 spiro atoms. The zero-order chi connectivity index (χ0) is 16.9. The number of piperazine rings is 1.